The van der Waals surface area contributed by atoms with Crippen LogP contribution in [0.25, 0.3) is 0 Å². The van der Waals surface area contributed by atoms with Gasteiger partial charge < -0.3 is 5.73 Å². The maximum atomic E-state index is 6.07. The lowest BCUT2D eigenvalue weighted by molar-refractivity contribution is 0.899. The second-order valence-electron chi connectivity index (χ2n) is 2.68. The van der Waals surface area contributed by atoms with Gasteiger partial charge >= 0.3 is 0 Å². The van der Waals surface area contributed by atoms with Crippen LogP contribution in [0.5, 0.6) is 0 Å². The average Bonchev–Trinajstić information content (AvgIpc) is 2.72. The molecule has 0 saturated heterocycles. The molecule has 2 aromatic rings. The van der Waals surface area contributed by atoms with Gasteiger partial charge in [-0.1, -0.05) is 6.07 Å². The van der Waals surface area contributed by atoms with Crippen LogP contribution < -0.4 is 5.73 Å². The first-order chi connectivity index (χ1) is 6.27. The highest BCUT2D eigenvalue weighted by Crippen LogP contribution is 2.29. The van der Waals surface area contributed by atoms with Crippen LogP contribution in [0.2, 0.25) is 0 Å². The van der Waals surface area contributed by atoms with Crippen molar-refractivity contribution >= 4 is 38.6 Å². The van der Waals surface area contributed by atoms with E-state index in [1.54, 1.807) is 22.7 Å². The Hall–Kier alpha value is -0.160. The van der Waals surface area contributed by atoms with Crippen molar-refractivity contribution in [2.45, 2.75) is 6.04 Å². The molecule has 2 rings (SSSR count). The Balaban J connectivity index is 2.28. The first kappa shape index (κ1) is 9.40. The molecule has 1 nitrogen and oxygen atoms in total. The Morgan fingerprint density at radius 1 is 1.38 bits per heavy atom. The third-order valence-corrected chi connectivity index (χ3v) is 4.27. The number of rotatable bonds is 2. The van der Waals surface area contributed by atoms with E-state index in [2.05, 4.69) is 38.8 Å². The molecule has 68 valence electrons. The van der Waals surface area contributed by atoms with E-state index >= 15 is 0 Å². The van der Waals surface area contributed by atoms with Crippen LogP contribution in [0.4, 0.5) is 0 Å². The first-order valence-electron chi connectivity index (χ1n) is 3.80. The summed E-state index contributed by atoms with van der Waals surface area (Å²) >= 11 is 6.80. The second kappa shape index (κ2) is 3.92. The summed E-state index contributed by atoms with van der Waals surface area (Å²) in [7, 11) is 0. The number of hydrogen-bond acceptors (Lipinski definition) is 3. The van der Waals surface area contributed by atoms with E-state index in [4.69, 9.17) is 5.73 Å². The van der Waals surface area contributed by atoms with Gasteiger partial charge in [0.2, 0.25) is 0 Å². The molecule has 0 saturated carbocycles. The fourth-order valence-electron chi connectivity index (χ4n) is 1.12. The third-order valence-electron chi connectivity index (χ3n) is 1.80. The van der Waals surface area contributed by atoms with Crippen molar-refractivity contribution in [1.29, 1.82) is 0 Å². The molecule has 0 fully saturated rings. The molecule has 0 aromatic carbocycles. The van der Waals surface area contributed by atoms with Crippen LogP contribution in [0.1, 0.15) is 16.5 Å². The summed E-state index contributed by atoms with van der Waals surface area (Å²) in [4.78, 5) is 1.21. The fourth-order valence-corrected chi connectivity index (χ4v) is 3.09. The van der Waals surface area contributed by atoms with Crippen molar-refractivity contribution in [3.8, 4) is 0 Å². The summed E-state index contributed by atoms with van der Waals surface area (Å²) in [5.41, 5.74) is 7.25. The van der Waals surface area contributed by atoms with Gasteiger partial charge in [0.05, 0.1) is 9.83 Å². The quantitative estimate of drug-likeness (QED) is 0.889. The van der Waals surface area contributed by atoms with Gasteiger partial charge in [-0.05, 0) is 44.4 Å². The van der Waals surface area contributed by atoms with Crippen LogP contribution in [0, 0.1) is 0 Å². The minimum atomic E-state index is 0.0301. The van der Waals surface area contributed by atoms with E-state index in [0.717, 1.165) is 3.79 Å². The van der Waals surface area contributed by atoms with Gasteiger partial charge in [0, 0.05) is 4.88 Å². The number of nitrogens with two attached hydrogens (primary N) is 1. The Morgan fingerprint density at radius 3 is 2.77 bits per heavy atom. The van der Waals surface area contributed by atoms with Gasteiger partial charge in [0.1, 0.15) is 0 Å². The summed E-state index contributed by atoms with van der Waals surface area (Å²) in [5.74, 6) is 0. The molecule has 0 aliphatic heterocycles. The highest BCUT2D eigenvalue weighted by Gasteiger charge is 2.10. The molecule has 13 heavy (non-hydrogen) atoms. The lowest BCUT2D eigenvalue weighted by atomic mass is 10.1. The third kappa shape index (κ3) is 2.02. The number of hydrogen-bond donors (Lipinski definition) is 1. The molecule has 2 N–H and O–H groups in total. The van der Waals surface area contributed by atoms with Gasteiger partial charge in [0.15, 0.2) is 0 Å². The summed E-state index contributed by atoms with van der Waals surface area (Å²) in [6.45, 7) is 0. The molecule has 0 radical (unpaired) electrons. The monoisotopic (exact) mass is 273 g/mol. The van der Waals surface area contributed by atoms with Crippen LogP contribution in [-0.4, -0.2) is 0 Å². The molecule has 0 bridgehead atoms. The van der Waals surface area contributed by atoms with E-state index in [1.165, 1.54) is 10.4 Å². The fraction of sp³-hybridized carbons (Fsp3) is 0.111. The Labute approximate surface area is 93.3 Å². The normalized spacial score (nSPS) is 13.1. The maximum absolute atomic E-state index is 6.07. The van der Waals surface area contributed by atoms with Gasteiger partial charge in [-0.3, -0.25) is 0 Å². The van der Waals surface area contributed by atoms with E-state index in [-0.39, 0.29) is 6.04 Å². The second-order valence-corrected chi connectivity index (χ2v) is 5.95. The Kier molecular flexibility index (Phi) is 2.83. The first-order valence-corrected chi connectivity index (χ1v) is 6.35. The lowest BCUT2D eigenvalue weighted by Crippen LogP contribution is -2.08. The highest BCUT2D eigenvalue weighted by molar-refractivity contribution is 9.11. The van der Waals surface area contributed by atoms with Crippen molar-refractivity contribution < 1.29 is 0 Å². The highest BCUT2D eigenvalue weighted by atomic mass is 79.9. The molecule has 2 aromatic heterocycles. The van der Waals surface area contributed by atoms with Crippen LogP contribution in [0.15, 0.2) is 32.7 Å². The van der Waals surface area contributed by atoms with Crippen molar-refractivity contribution in [3.05, 3.63) is 43.2 Å². The minimum absolute atomic E-state index is 0.0301. The summed E-state index contributed by atoms with van der Waals surface area (Å²) in [6.07, 6.45) is 0. The van der Waals surface area contributed by atoms with E-state index in [9.17, 15) is 0 Å². The zero-order chi connectivity index (χ0) is 9.26. The topological polar surface area (TPSA) is 26.0 Å². The molecular formula is C9H8BrNS2. The van der Waals surface area contributed by atoms with Crippen molar-refractivity contribution in [2.24, 2.45) is 5.73 Å². The Morgan fingerprint density at radius 2 is 2.23 bits per heavy atom. The van der Waals surface area contributed by atoms with Crippen molar-refractivity contribution in [3.63, 3.8) is 0 Å². The van der Waals surface area contributed by atoms with E-state index in [0.29, 0.717) is 0 Å². The molecule has 2 heterocycles. The van der Waals surface area contributed by atoms with Crippen LogP contribution >= 0.6 is 38.6 Å². The summed E-state index contributed by atoms with van der Waals surface area (Å²) in [6, 6.07) is 6.21. The molecule has 0 amide bonds. The SMILES string of the molecule is NC(c1csc(Br)c1)c1cccs1. The van der Waals surface area contributed by atoms with Gasteiger partial charge in [0.25, 0.3) is 0 Å². The largest absolute Gasteiger partial charge is 0.320 e. The predicted molar refractivity (Wildman–Crippen MR) is 62.4 cm³/mol. The summed E-state index contributed by atoms with van der Waals surface area (Å²) < 4.78 is 1.13. The number of halogens is 1. The average molecular weight is 274 g/mol. The number of thiophene rings is 2. The van der Waals surface area contributed by atoms with Crippen LogP contribution in [-0.2, 0) is 0 Å². The predicted octanol–water partition coefficient (Wildman–Crippen LogP) is 3.62. The van der Waals surface area contributed by atoms with E-state index < -0.39 is 0 Å². The summed E-state index contributed by atoms with van der Waals surface area (Å²) in [5, 5.41) is 4.14. The van der Waals surface area contributed by atoms with Crippen molar-refractivity contribution in [1.82, 2.24) is 0 Å². The van der Waals surface area contributed by atoms with Crippen LogP contribution in [0.3, 0.4) is 0 Å². The molecular weight excluding hydrogens is 266 g/mol. The zero-order valence-corrected chi connectivity index (χ0v) is 9.95. The Bertz CT molecular complexity index is 380. The smallest absolute Gasteiger partial charge is 0.0701 e. The molecule has 0 aliphatic rings. The lowest BCUT2D eigenvalue weighted by Gasteiger charge is -2.05. The van der Waals surface area contributed by atoms with Crippen molar-refractivity contribution in [2.75, 3.05) is 0 Å². The zero-order valence-electron chi connectivity index (χ0n) is 6.74. The molecule has 1 unspecified atom stereocenters. The maximum Gasteiger partial charge on any atom is 0.0701 e. The minimum Gasteiger partial charge on any atom is -0.320 e. The molecule has 1 atom stereocenters. The van der Waals surface area contributed by atoms with Gasteiger partial charge in [-0.2, -0.15) is 0 Å². The van der Waals surface area contributed by atoms with E-state index in [1.807, 2.05) is 6.07 Å². The molecule has 0 spiro atoms. The standard InChI is InChI=1S/C9H8BrNS2/c10-8-4-6(5-13-8)9(11)7-2-1-3-12-7/h1-5,9H,11H2. The van der Waals surface area contributed by atoms with Gasteiger partial charge in [-0.25, -0.2) is 0 Å². The molecule has 4 heteroatoms. The van der Waals surface area contributed by atoms with Gasteiger partial charge in [-0.15, -0.1) is 22.7 Å². The molecule has 0 aliphatic carbocycles.